The molecule has 0 bridgehead atoms. The monoisotopic (exact) mass is 284 g/mol. The van der Waals surface area contributed by atoms with Crippen molar-refractivity contribution in [2.75, 3.05) is 6.26 Å². The minimum absolute atomic E-state index is 0.516. The van der Waals surface area contributed by atoms with E-state index >= 15 is 0 Å². The van der Waals surface area contributed by atoms with Crippen LogP contribution in [0, 0.1) is 0 Å². The van der Waals surface area contributed by atoms with E-state index in [9.17, 15) is 5.11 Å². The minimum Gasteiger partial charge on any atom is -0.384 e. The highest BCUT2D eigenvalue weighted by Gasteiger charge is 2.14. The number of benzene rings is 2. The second kappa shape index (κ2) is 6.02. The van der Waals surface area contributed by atoms with Gasteiger partial charge in [0, 0.05) is 4.90 Å². The van der Waals surface area contributed by atoms with E-state index in [-0.39, 0.29) is 0 Å². The summed E-state index contributed by atoms with van der Waals surface area (Å²) in [7, 11) is 0. The summed E-state index contributed by atoms with van der Waals surface area (Å²) in [4.78, 5) is 1.23. The number of aliphatic hydroxyl groups excluding tert-OH is 1. The lowest BCUT2D eigenvalue weighted by Gasteiger charge is -2.19. The van der Waals surface area contributed by atoms with E-state index in [1.54, 1.807) is 11.8 Å². The van der Waals surface area contributed by atoms with Gasteiger partial charge in [-0.25, -0.2) is 0 Å². The van der Waals surface area contributed by atoms with Crippen LogP contribution in [0.25, 0.3) is 0 Å². The SMILES string of the molecule is CSc1ccc(C(O)c2ccc3c(c2)CCCC3)cc1. The number of thioether (sulfide) groups is 1. The Balaban J connectivity index is 1.87. The Hall–Kier alpha value is -1.25. The van der Waals surface area contributed by atoms with Crippen LogP contribution in [0.2, 0.25) is 0 Å². The van der Waals surface area contributed by atoms with E-state index in [4.69, 9.17) is 0 Å². The van der Waals surface area contributed by atoms with Gasteiger partial charge in [-0.2, -0.15) is 0 Å². The van der Waals surface area contributed by atoms with Crippen molar-refractivity contribution in [1.29, 1.82) is 0 Å². The normalized spacial score (nSPS) is 15.7. The molecule has 0 radical (unpaired) electrons. The Morgan fingerprint density at radius 3 is 2.25 bits per heavy atom. The summed E-state index contributed by atoms with van der Waals surface area (Å²) in [5.74, 6) is 0. The highest BCUT2D eigenvalue weighted by Crippen LogP contribution is 2.28. The van der Waals surface area contributed by atoms with Gasteiger partial charge in [0.15, 0.2) is 0 Å². The maximum absolute atomic E-state index is 10.6. The molecule has 0 spiro atoms. The molecular formula is C18H20OS. The van der Waals surface area contributed by atoms with Gasteiger partial charge in [-0.15, -0.1) is 11.8 Å². The van der Waals surface area contributed by atoms with E-state index in [0.717, 1.165) is 17.5 Å². The molecule has 2 heteroatoms. The van der Waals surface area contributed by atoms with E-state index < -0.39 is 6.10 Å². The second-order valence-corrected chi connectivity index (χ2v) is 6.29. The highest BCUT2D eigenvalue weighted by molar-refractivity contribution is 7.98. The zero-order valence-electron chi connectivity index (χ0n) is 11.8. The molecule has 0 fully saturated rings. The number of rotatable bonds is 3. The largest absolute Gasteiger partial charge is 0.384 e. The third-order valence-electron chi connectivity index (χ3n) is 4.12. The summed E-state index contributed by atoms with van der Waals surface area (Å²) in [6, 6.07) is 14.7. The Bertz CT molecular complexity index is 589. The molecule has 2 aromatic carbocycles. The standard InChI is InChI=1S/C18H20OS/c1-20-17-10-8-14(9-11-17)18(19)16-7-6-13-4-2-3-5-15(13)12-16/h6-12,18-19H,2-5H2,1H3. The molecular weight excluding hydrogens is 264 g/mol. The lowest BCUT2D eigenvalue weighted by Crippen LogP contribution is -2.06. The van der Waals surface area contributed by atoms with Crippen LogP contribution in [0.4, 0.5) is 0 Å². The molecule has 0 heterocycles. The molecule has 0 aliphatic heterocycles. The van der Waals surface area contributed by atoms with Crippen LogP contribution in [0.1, 0.15) is 41.2 Å². The quantitative estimate of drug-likeness (QED) is 0.845. The lowest BCUT2D eigenvalue weighted by atomic mass is 9.88. The summed E-state index contributed by atoms with van der Waals surface area (Å²) in [6.07, 6.45) is 6.46. The van der Waals surface area contributed by atoms with Crippen molar-refractivity contribution in [2.45, 2.75) is 36.7 Å². The van der Waals surface area contributed by atoms with Crippen molar-refractivity contribution in [3.05, 3.63) is 64.7 Å². The number of aliphatic hydroxyl groups is 1. The Morgan fingerprint density at radius 2 is 1.55 bits per heavy atom. The van der Waals surface area contributed by atoms with Crippen LogP contribution in [0.3, 0.4) is 0 Å². The summed E-state index contributed by atoms with van der Waals surface area (Å²) < 4.78 is 0. The zero-order chi connectivity index (χ0) is 13.9. The molecule has 1 atom stereocenters. The van der Waals surface area contributed by atoms with Crippen LogP contribution in [0.15, 0.2) is 47.4 Å². The van der Waals surface area contributed by atoms with Crippen molar-refractivity contribution in [2.24, 2.45) is 0 Å². The minimum atomic E-state index is -0.516. The molecule has 3 rings (SSSR count). The third-order valence-corrected chi connectivity index (χ3v) is 4.86. The fraction of sp³-hybridized carbons (Fsp3) is 0.333. The number of aryl methyl sites for hydroxylation is 2. The zero-order valence-corrected chi connectivity index (χ0v) is 12.6. The molecule has 1 N–H and O–H groups in total. The van der Waals surface area contributed by atoms with E-state index in [2.05, 4.69) is 36.6 Å². The highest BCUT2D eigenvalue weighted by atomic mass is 32.2. The molecule has 1 nitrogen and oxygen atoms in total. The first-order valence-corrected chi connectivity index (χ1v) is 8.44. The molecule has 0 saturated carbocycles. The fourth-order valence-electron chi connectivity index (χ4n) is 2.90. The summed E-state index contributed by atoms with van der Waals surface area (Å²) in [5, 5.41) is 10.6. The first kappa shape index (κ1) is 13.7. The van der Waals surface area contributed by atoms with E-state index in [0.29, 0.717) is 0 Å². The van der Waals surface area contributed by atoms with Gasteiger partial charge < -0.3 is 5.11 Å². The molecule has 0 amide bonds. The Labute approximate surface area is 125 Å². The maximum Gasteiger partial charge on any atom is 0.104 e. The number of hydrogen-bond donors (Lipinski definition) is 1. The summed E-state index contributed by atoms with van der Waals surface area (Å²) >= 11 is 1.72. The Kier molecular flexibility index (Phi) is 4.13. The van der Waals surface area contributed by atoms with Crippen molar-refractivity contribution >= 4 is 11.8 Å². The number of hydrogen-bond acceptors (Lipinski definition) is 2. The van der Waals surface area contributed by atoms with Gasteiger partial charge >= 0.3 is 0 Å². The third kappa shape index (κ3) is 2.77. The van der Waals surface area contributed by atoms with Gasteiger partial charge in [0.2, 0.25) is 0 Å². The van der Waals surface area contributed by atoms with Crippen molar-refractivity contribution in [3.8, 4) is 0 Å². The van der Waals surface area contributed by atoms with Gasteiger partial charge in [-0.1, -0.05) is 30.3 Å². The molecule has 0 saturated heterocycles. The van der Waals surface area contributed by atoms with Gasteiger partial charge in [-0.3, -0.25) is 0 Å². The van der Waals surface area contributed by atoms with Gasteiger partial charge in [0.1, 0.15) is 6.10 Å². The van der Waals surface area contributed by atoms with Crippen LogP contribution in [-0.2, 0) is 12.8 Å². The lowest BCUT2D eigenvalue weighted by molar-refractivity contribution is 0.220. The van der Waals surface area contributed by atoms with Crippen LogP contribution in [0.5, 0.6) is 0 Å². The van der Waals surface area contributed by atoms with Gasteiger partial charge in [0.05, 0.1) is 0 Å². The first-order valence-electron chi connectivity index (χ1n) is 7.21. The number of fused-ring (bicyclic) bond motifs is 1. The maximum atomic E-state index is 10.6. The van der Waals surface area contributed by atoms with Crippen molar-refractivity contribution in [1.82, 2.24) is 0 Å². The molecule has 1 aliphatic rings. The van der Waals surface area contributed by atoms with Crippen molar-refractivity contribution < 1.29 is 5.11 Å². The predicted molar refractivity (Wildman–Crippen MR) is 85.4 cm³/mol. The predicted octanol–water partition coefficient (Wildman–Crippen LogP) is 4.37. The second-order valence-electron chi connectivity index (χ2n) is 5.41. The molecule has 1 aliphatic carbocycles. The van der Waals surface area contributed by atoms with Gasteiger partial charge in [0.25, 0.3) is 0 Å². The van der Waals surface area contributed by atoms with E-state index in [1.165, 1.54) is 35.3 Å². The molecule has 2 aromatic rings. The molecule has 20 heavy (non-hydrogen) atoms. The smallest absolute Gasteiger partial charge is 0.104 e. The van der Waals surface area contributed by atoms with E-state index in [1.807, 2.05) is 12.1 Å². The Morgan fingerprint density at radius 1 is 0.900 bits per heavy atom. The molecule has 104 valence electrons. The topological polar surface area (TPSA) is 20.2 Å². The average Bonchev–Trinajstić information content (AvgIpc) is 2.54. The summed E-state index contributed by atoms with van der Waals surface area (Å²) in [6.45, 7) is 0. The van der Waals surface area contributed by atoms with Crippen molar-refractivity contribution in [3.63, 3.8) is 0 Å². The average molecular weight is 284 g/mol. The first-order chi connectivity index (χ1) is 9.78. The fourth-order valence-corrected chi connectivity index (χ4v) is 3.31. The summed E-state index contributed by atoms with van der Waals surface area (Å²) in [5.41, 5.74) is 4.87. The van der Waals surface area contributed by atoms with Crippen LogP contribution in [-0.4, -0.2) is 11.4 Å². The molecule has 0 aromatic heterocycles. The molecule has 1 unspecified atom stereocenters. The van der Waals surface area contributed by atoms with Crippen LogP contribution >= 0.6 is 11.8 Å². The van der Waals surface area contributed by atoms with Crippen LogP contribution < -0.4 is 0 Å². The van der Waals surface area contributed by atoms with Gasteiger partial charge in [-0.05, 0) is 66.3 Å².